The number of benzene rings is 2. The first-order valence-corrected chi connectivity index (χ1v) is 13.4. The highest BCUT2D eigenvalue weighted by molar-refractivity contribution is 6.06. The van der Waals surface area contributed by atoms with Crippen LogP contribution in [0.3, 0.4) is 0 Å². The highest BCUT2D eigenvalue weighted by Crippen LogP contribution is 2.42. The molecule has 0 aliphatic heterocycles. The van der Waals surface area contributed by atoms with Gasteiger partial charge in [-0.15, -0.1) is 0 Å². The summed E-state index contributed by atoms with van der Waals surface area (Å²) >= 11 is 0. The lowest BCUT2D eigenvalue weighted by atomic mass is 9.72. The second-order valence-electron chi connectivity index (χ2n) is 11.4. The van der Waals surface area contributed by atoms with Gasteiger partial charge in [0.15, 0.2) is 5.41 Å². The molecule has 2 aromatic carbocycles. The van der Waals surface area contributed by atoms with Gasteiger partial charge in [-0.05, 0) is 72.2 Å². The number of ether oxygens (including phenoxy) is 1. The SMILES string of the molecule is CCCCCCOc1ccc(C(=O)n2c3c(c4cc(C(C)(C)C)ccc42)CC(C(=O)O)(C(=O)O)CC3)cc1. The van der Waals surface area contributed by atoms with Gasteiger partial charge in [0, 0.05) is 23.1 Å². The molecule has 0 spiro atoms. The van der Waals surface area contributed by atoms with E-state index >= 15 is 0 Å². The zero-order valence-corrected chi connectivity index (χ0v) is 22.7. The number of unbranched alkanes of at least 4 members (excludes halogenated alkanes) is 3. The van der Waals surface area contributed by atoms with Crippen LogP contribution < -0.4 is 4.74 Å². The Morgan fingerprint density at radius 1 is 0.974 bits per heavy atom. The zero-order chi connectivity index (χ0) is 27.7. The fourth-order valence-electron chi connectivity index (χ4n) is 5.29. The topological polar surface area (TPSA) is 106 Å². The minimum absolute atomic E-state index is 0.0782. The largest absolute Gasteiger partial charge is 0.494 e. The third-order valence-corrected chi connectivity index (χ3v) is 7.70. The minimum atomic E-state index is -1.91. The molecule has 7 heteroatoms. The van der Waals surface area contributed by atoms with Gasteiger partial charge in [0.05, 0.1) is 12.1 Å². The van der Waals surface area contributed by atoms with Gasteiger partial charge in [-0.2, -0.15) is 0 Å². The second-order valence-corrected chi connectivity index (χ2v) is 11.4. The van der Waals surface area contributed by atoms with E-state index in [9.17, 15) is 24.6 Å². The molecular formula is C31H37NO6. The Morgan fingerprint density at radius 3 is 2.26 bits per heavy atom. The van der Waals surface area contributed by atoms with Gasteiger partial charge in [-0.1, -0.05) is 53.0 Å². The van der Waals surface area contributed by atoms with E-state index < -0.39 is 17.4 Å². The Balaban J connectivity index is 1.74. The molecule has 0 fully saturated rings. The lowest BCUT2D eigenvalue weighted by molar-refractivity contribution is -0.165. The van der Waals surface area contributed by atoms with Crippen LogP contribution in [0.25, 0.3) is 10.9 Å². The van der Waals surface area contributed by atoms with E-state index in [1.807, 2.05) is 18.2 Å². The first-order chi connectivity index (χ1) is 18.0. The summed E-state index contributed by atoms with van der Waals surface area (Å²) in [6.45, 7) is 9.03. The van der Waals surface area contributed by atoms with E-state index in [-0.39, 0.29) is 30.6 Å². The molecule has 202 valence electrons. The number of carboxylic acids is 2. The maximum Gasteiger partial charge on any atom is 0.321 e. The number of nitrogens with zero attached hydrogens (tertiary/aromatic N) is 1. The Hall–Kier alpha value is -3.61. The van der Waals surface area contributed by atoms with Crippen LogP contribution in [0.1, 0.15) is 87.0 Å². The van der Waals surface area contributed by atoms with Gasteiger partial charge in [0.2, 0.25) is 0 Å². The van der Waals surface area contributed by atoms with E-state index in [0.717, 1.165) is 23.8 Å². The van der Waals surface area contributed by atoms with Gasteiger partial charge in [0.1, 0.15) is 5.75 Å². The maximum absolute atomic E-state index is 13.8. The fraction of sp³-hybridized carbons (Fsp3) is 0.452. The molecule has 1 aromatic heterocycles. The smallest absolute Gasteiger partial charge is 0.321 e. The number of carbonyl (C=O) groups excluding carboxylic acids is 1. The van der Waals surface area contributed by atoms with Crippen LogP contribution in [-0.2, 0) is 27.8 Å². The van der Waals surface area contributed by atoms with Gasteiger partial charge in [-0.3, -0.25) is 19.0 Å². The third kappa shape index (κ3) is 5.06. The van der Waals surface area contributed by atoms with Crippen LogP contribution in [0.5, 0.6) is 5.75 Å². The molecule has 0 saturated heterocycles. The van der Waals surface area contributed by atoms with Crippen molar-refractivity contribution in [1.29, 1.82) is 0 Å². The van der Waals surface area contributed by atoms with Gasteiger partial charge in [-0.25, -0.2) is 0 Å². The average Bonchev–Trinajstić information content (AvgIpc) is 3.20. The Kier molecular flexibility index (Phi) is 7.68. The molecule has 0 bridgehead atoms. The number of aromatic nitrogens is 1. The Labute approximate surface area is 223 Å². The van der Waals surface area contributed by atoms with Crippen molar-refractivity contribution >= 4 is 28.7 Å². The predicted molar refractivity (Wildman–Crippen MR) is 146 cm³/mol. The Bertz CT molecular complexity index is 1350. The quantitative estimate of drug-likeness (QED) is 0.256. The number of carbonyl (C=O) groups is 3. The molecule has 1 aliphatic carbocycles. The molecule has 0 amide bonds. The number of aliphatic carboxylic acids is 2. The van der Waals surface area contributed by atoms with Crippen molar-refractivity contribution in [3.05, 3.63) is 64.8 Å². The van der Waals surface area contributed by atoms with E-state index in [2.05, 4.69) is 27.7 Å². The lowest BCUT2D eigenvalue weighted by Gasteiger charge is -2.30. The molecule has 4 rings (SSSR count). The monoisotopic (exact) mass is 519 g/mol. The van der Waals surface area contributed by atoms with E-state index in [4.69, 9.17) is 4.74 Å². The summed E-state index contributed by atoms with van der Waals surface area (Å²) in [6, 6.07) is 12.9. The van der Waals surface area contributed by atoms with Crippen LogP contribution in [-0.4, -0.2) is 39.2 Å². The van der Waals surface area contributed by atoms with Gasteiger partial charge < -0.3 is 14.9 Å². The molecule has 2 N–H and O–H groups in total. The first kappa shape index (κ1) is 27.4. The second kappa shape index (κ2) is 10.6. The van der Waals surface area contributed by atoms with Crippen LogP contribution in [0.4, 0.5) is 0 Å². The molecule has 0 atom stereocenters. The number of hydrogen-bond donors (Lipinski definition) is 2. The summed E-state index contributed by atoms with van der Waals surface area (Å²) in [4.78, 5) is 38.1. The van der Waals surface area contributed by atoms with E-state index in [1.165, 1.54) is 12.8 Å². The molecule has 7 nitrogen and oxygen atoms in total. The maximum atomic E-state index is 13.8. The number of carboxylic acid groups (broad SMARTS) is 2. The molecule has 1 heterocycles. The van der Waals surface area contributed by atoms with Crippen molar-refractivity contribution in [2.75, 3.05) is 6.61 Å². The number of hydrogen-bond acceptors (Lipinski definition) is 4. The summed E-state index contributed by atoms with van der Waals surface area (Å²) in [6.07, 6.45) is 4.40. The van der Waals surface area contributed by atoms with Gasteiger partial charge >= 0.3 is 11.9 Å². The standard InChI is InChI=1S/C31H37NO6/c1-5-6-7-8-17-38-22-12-9-20(10-13-22)27(33)32-25-14-11-21(30(2,3)4)18-23(25)24-19-31(28(34)35,29(36)37)16-15-26(24)32/h9-14,18H,5-8,15-17,19H2,1-4H3,(H,34,35)(H,36,37). The normalized spacial score (nSPS) is 14.7. The van der Waals surface area contributed by atoms with Crippen molar-refractivity contribution in [3.63, 3.8) is 0 Å². The predicted octanol–water partition coefficient (Wildman–Crippen LogP) is 6.23. The minimum Gasteiger partial charge on any atom is -0.494 e. The van der Waals surface area contributed by atoms with Crippen LogP contribution in [0.2, 0.25) is 0 Å². The van der Waals surface area contributed by atoms with Crippen LogP contribution in [0.15, 0.2) is 42.5 Å². The molecule has 0 unspecified atom stereocenters. The highest BCUT2D eigenvalue weighted by atomic mass is 16.5. The molecule has 1 aliphatic rings. The van der Waals surface area contributed by atoms with Crippen molar-refractivity contribution in [2.45, 2.75) is 78.1 Å². The molecule has 0 radical (unpaired) electrons. The van der Waals surface area contributed by atoms with Crippen molar-refractivity contribution in [1.82, 2.24) is 4.57 Å². The number of rotatable bonds is 9. The zero-order valence-electron chi connectivity index (χ0n) is 22.7. The third-order valence-electron chi connectivity index (χ3n) is 7.70. The first-order valence-electron chi connectivity index (χ1n) is 13.4. The van der Waals surface area contributed by atoms with E-state index in [0.29, 0.717) is 34.7 Å². The summed E-state index contributed by atoms with van der Waals surface area (Å²) in [5.41, 5.74) is 1.40. The summed E-state index contributed by atoms with van der Waals surface area (Å²) < 4.78 is 7.47. The Morgan fingerprint density at radius 2 is 1.66 bits per heavy atom. The molecular weight excluding hydrogens is 482 g/mol. The van der Waals surface area contributed by atoms with Crippen LogP contribution >= 0.6 is 0 Å². The van der Waals surface area contributed by atoms with Crippen molar-refractivity contribution < 1.29 is 29.3 Å². The van der Waals surface area contributed by atoms with Gasteiger partial charge in [0.25, 0.3) is 5.91 Å². The molecule has 38 heavy (non-hydrogen) atoms. The average molecular weight is 520 g/mol. The summed E-state index contributed by atoms with van der Waals surface area (Å²) in [7, 11) is 0. The summed E-state index contributed by atoms with van der Waals surface area (Å²) in [5, 5.41) is 20.5. The molecule has 0 saturated carbocycles. The fourth-order valence-corrected chi connectivity index (χ4v) is 5.29. The van der Waals surface area contributed by atoms with E-state index in [1.54, 1.807) is 28.8 Å². The summed E-state index contributed by atoms with van der Waals surface area (Å²) in [5.74, 6) is -2.22. The van der Waals surface area contributed by atoms with Crippen molar-refractivity contribution in [2.24, 2.45) is 5.41 Å². The highest BCUT2D eigenvalue weighted by Gasteiger charge is 2.50. The lowest BCUT2D eigenvalue weighted by Crippen LogP contribution is -2.44. The molecule has 3 aromatic rings. The number of fused-ring (bicyclic) bond motifs is 3. The van der Waals surface area contributed by atoms with Crippen LogP contribution in [0, 0.1) is 5.41 Å². The van der Waals surface area contributed by atoms with Crippen molar-refractivity contribution in [3.8, 4) is 5.75 Å².